The van der Waals surface area contributed by atoms with E-state index < -0.39 is 0 Å². The van der Waals surface area contributed by atoms with E-state index in [4.69, 9.17) is 12.2 Å². The molecule has 4 nitrogen and oxygen atoms in total. The van der Waals surface area contributed by atoms with Gasteiger partial charge in [0.1, 0.15) is 0 Å². The number of aromatic amines is 1. The second-order valence-electron chi connectivity index (χ2n) is 7.50. The first-order valence-corrected chi connectivity index (χ1v) is 12.4. The molecule has 0 spiro atoms. The van der Waals surface area contributed by atoms with Crippen molar-refractivity contribution in [1.29, 1.82) is 0 Å². The molecule has 1 aromatic heterocycles. The monoisotopic (exact) mass is 441 g/mol. The second-order valence-corrected chi connectivity index (χ2v) is 8.77. The highest BCUT2D eigenvalue weighted by atomic mass is 32.2. The molecule has 30 heavy (non-hydrogen) atoms. The van der Waals surface area contributed by atoms with Crippen molar-refractivity contribution in [2.24, 2.45) is 0 Å². The molecule has 0 fully saturated rings. The first kappa shape index (κ1) is 22.7. The highest BCUT2D eigenvalue weighted by Gasteiger charge is 2.15. The maximum atomic E-state index is 5.86. The van der Waals surface area contributed by atoms with Crippen molar-refractivity contribution in [3.8, 4) is 0 Å². The Morgan fingerprint density at radius 1 is 1.13 bits per heavy atom. The normalized spacial score (nSPS) is 11.2. The Kier molecular flexibility index (Phi) is 8.61. The van der Waals surface area contributed by atoms with Crippen LogP contribution in [-0.2, 0) is 6.54 Å². The topological polar surface area (TPSA) is 35.5 Å². The predicted molar refractivity (Wildman–Crippen MR) is 135 cm³/mol. The van der Waals surface area contributed by atoms with Gasteiger partial charge in [-0.1, -0.05) is 24.3 Å². The maximum absolute atomic E-state index is 5.86. The zero-order valence-corrected chi connectivity index (χ0v) is 19.8. The number of fused-ring (bicyclic) bond motifs is 1. The molecule has 0 radical (unpaired) electrons. The zero-order chi connectivity index (χ0) is 21.3. The van der Waals surface area contributed by atoms with Gasteiger partial charge in [0.25, 0.3) is 0 Å². The van der Waals surface area contributed by atoms with Crippen molar-refractivity contribution in [1.82, 2.24) is 9.88 Å². The number of H-pyrrole nitrogens is 1. The molecular formula is C24H33N4S2+. The van der Waals surface area contributed by atoms with Crippen LogP contribution in [0.3, 0.4) is 0 Å². The fourth-order valence-corrected chi connectivity index (χ4v) is 4.48. The Balaban J connectivity index is 1.74. The second kappa shape index (κ2) is 11.4. The number of benzene rings is 2. The molecule has 3 N–H and O–H groups in total. The largest absolute Gasteiger partial charge is 0.361 e. The molecule has 0 aliphatic carbocycles. The summed E-state index contributed by atoms with van der Waals surface area (Å²) in [6, 6.07) is 16.9. The first-order valence-electron chi connectivity index (χ1n) is 10.7. The van der Waals surface area contributed by atoms with E-state index in [-0.39, 0.29) is 0 Å². The summed E-state index contributed by atoms with van der Waals surface area (Å²) in [5.74, 6) is 0. The van der Waals surface area contributed by atoms with Gasteiger partial charge in [0.2, 0.25) is 0 Å². The number of thioether (sulfide) groups is 1. The Morgan fingerprint density at radius 2 is 1.93 bits per heavy atom. The van der Waals surface area contributed by atoms with Crippen LogP contribution in [0.5, 0.6) is 0 Å². The minimum atomic E-state index is 0.785. The average Bonchev–Trinajstić information content (AvgIpc) is 3.19. The van der Waals surface area contributed by atoms with Gasteiger partial charge in [-0.3, -0.25) is 0 Å². The molecule has 3 rings (SSSR count). The summed E-state index contributed by atoms with van der Waals surface area (Å²) in [7, 11) is 0. The minimum Gasteiger partial charge on any atom is -0.361 e. The lowest BCUT2D eigenvalue weighted by Gasteiger charge is -2.27. The maximum Gasteiger partial charge on any atom is 0.173 e. The molecule has 0 amide bonds. The molecule has 0 aliphatic heterocycles. The molecule has 0 aliphatic rings. The summed E-state index contributed by atoms with van der Waals surface area (Å²) in [5, 5.41) is 5.52. The van der Waals surface area contributed by atoms with Gasteiger partial charge >= 0.3 is 0 Å². The highest BCUT2D eigenvalue weighted by molar-refractivity contribution is 7.98. The summed E-state index contributed by atoms with van der Waals surface area (Å²) < 4.78 is 0. The molecule has 0 atom stereocenters. The molecule has 0 unspecified atom stereocenters. The molecule has 1 heterocycles. The lowest BCUT2D eigenvalue weighted by atomic mass is 10.1. The first-order chi connectivity index (χ1) is 14.6. The van der Waals surface area contributed by atoms with Crippen LogP contribution in [0.1, 0.15) is 25.8 Å². The van der Waals surface area contributed by atoms with Gasteiger partial charge in [0.05, 0.1) is 19.6 Å². The number of quaternary nitrogens is 1. The molecule has 0 saturated heterocycles. The number of nitrogens with one attached hydrogen (secondary N) is 3. The van der Waals surface area contributed by atoms with Crippen LogP contribution in [0.25, 0.3) is 10.9 Å². The van der Waals surface area contributed by atoms with Crippen molar-refractivity contribution < 1.29 is 4.90 Å². The number of hydrogen-bond acceptors (Lipinski definition) is 2. The number of aromatic nitrogens is 1. The van der Waals surface area contributed by atoms with E-state index in [1.807, 2.05) is 0 Å². The Morgan fingerprint density at radius 3 is 2.70 bits per heavy atom. The SMILES string of the molecule is CC[NH+](CC)CCCN(Cc1c[nH]c2ccccc12)C(=S)Nc1cccc(SC)c1. The zero-order valence-electron chi connectivity index (χ0n) is 18.2. The van der Waals surface area contributed by atoms with Gasteiger partial charge in [0, 0.05) is 47.2 Å². The molecule has 6 heteroatoms. The van der Waals surface area contributed by atoms with Gasteiger partial charge in [-0.15, -0.1) is 11.8 Å². The summed E-state index contributed by atoms with van der Waals surface area (Å²) >= 11 is 7.60. The third kappa shape index (κ3) is 6.00. The third-order valence-corrected chi connectivity index (χ3v) is 6.69. The summed E-state index contributed by atoms with van der Waals surface area (Å²) in [6.07, 6.45) is 5.33. The molecule has 3 aromatic rings. The standard InChI is InChI=1S/C24H32N4S2/c1-4-27(5-2)14-9-15-28(18-19-17-25-23-13-7-6-12-22(19)23)24(29)26-20-10-8-11-21(16-20)30-3/h6-8,10-13,16-17,25H,4-5,9,14-15,18H2,1-3H3,(H,26,29)/p+1. The van der Waals surface area contributed by atoms with E-state index in [2.05, 4.69) is 90.0 Å². The summed E-state index contributed by atoms with van der Waals surface area (Å²) in [6.45, 7) is 9.76. The number of anilines is 1. The van der Waals surface area contributed by atoms with E-state index in [9.17, 15) is 0 Å². The Hall–Kier alpha value is -2.02. The molecule has 160 valence electrons. The van der Waals surface area contributed by atoms with Crippen LogP contribution in [0, 0.1) is 0 Å². The Labute approximate surface area is 190 Å². The summed E-state index contributed by atoms with van der Waals surface area (Å²) in [4.78, 5) is 8.56. The molecule has 0 bridgehead atoms. The number of rotatable bonds is 10. The number of thiocarbonyl (C=S) groups is 1. The van der Waals surface area contributed by atoms with Gasteiger partial charge in [-0.05, 0) is 62.2 Å². The molecule has 2 aromatic carbocycles. The smallest absolute Gasteiger partial charge is 0.173 e. The Bertz CT molecular complexity index is 949. The van der Waals surface area contributed by atoms with Crippen molar-refractivity contribution in [3.05, 3.63) is 60.3 Å². The quantitative estimate of drug-likeness (QED) is 0.322. The summed E-state index contributed by atoms with van der Waals surface area (Å²) in [5.41, 5.74) is 3.50. The lowest BCUT2D eigenvalue weighted by Crippen LogP contribution is -3.11. The van der Waals surface area contributed by atoms with Crippen LogP contribution in [0.4, 0.5) is 5.69 Å². The van der Waals surface area contributed by atoms with Gasteiger partial charge in [-0.2, -0.15) is 0 Å². The number of para-hydroxylation sites is 1. The number of nitrogens with zero attached hydrogens (tertiary/aromatic N) is 1. The van der Waals surface area contributed by atoms with Crippen LogP contribution in [-0.4, -0.2) is 47.4 Å². The third-order valence-electron chi connectivity index (χ3n) is 5.60. The van der Waals surface area contributed by atoms with E-state index in [1.54, 1.807) is 16.7 Å². The lowest BCUT2D eigenvalue weighted by molar-refractivity contribution is -0.896. The van der Waals surface area contributed by atoms with Crippen molar-refractivity contribution in [2.45, 2.75) is 31.7 Å². The van der Waals surface area contributed by atoms with E-state index in [0.717, 1.165) is 30.3 Å². The van der Waals surface area contributed by atoms with Gasteiger partial charge in [-0.25, -0.2) is 0 Å². The molecule has 0 saturated carbocycles. The predicted octanol–water partition coefficient (Wildman–Crippen LogP) is 4.40. The van der Waals surface area contributed by atoms with E-state index >= 15 is 0 Å². The van der Waals surface area contributed by atoms with Crippen molar-refractivity contribution >= 4 is 45.7 Å². The average molecular weight is 442 g/mol. The van der Waals surface area contributed by atoms with Crippen LogP contribution < -0.4 is 10.2 Å². The van der Waals surface area contributed by atoms with Gasteiger partial charge < -0.3 is 20.1 Å². The van der Waals surface area contributed by atoms with Crippen LogP contribution in [0.2, 0.25) is 0 Å². The van der Waals surface area contributed by atoms with Crippen molar-refractivity contribution in [2.75, 3.05) is 37.8 Å². The fourth-order valence-electron chi connectivity index (χ4n) is 3.75. The van der Waals surface area contributed by atoms with Crippen LogP contribution in [0.15, 0.2) is 59.6 Å². The fraction of sp³-hybridized carbons (Fsp3) is 0.375. The minimum absolute atomic E-state index is 0.785. The van der Waals surface area contributed by atoms with E-state index in [0.29, 0.717) is 0 Å². The highest BCUT2D eigenvalue weighted by Crippen LogP contribution is 2.22. The van der Waals surface area contributed by atoms with Gasteiger partial charge in [0.15, 0.2) is 5.11 Å². The number of hydrogen-bond donors (Lipinski definition) is 3. The van der Waals surface area contributed by atoms with Crippen molar-refractivity contribution in [3.63, 3.8) is 0 Å². The van der Waals surface area contributed by atoms with E-state index in [1.165, 1.54) is 41.0 Å². The van der Waals surface area contributed by atoms with Crippen LogP contribution >= 0.6 is 24.0 Å². The molecular weight excluding hydrogens is 408 g/mol.